The fraction of sp³-hybridized carbons (Fsp3) is 0.684. The highest BCUT2D eigenvalue weighted by molar-refractivity contribution is 6.78. The summed E-state index contributed by atoms with van der Waals surface area (Å²) in [6.07, 6.45) is 0. The van der Waals surface area contributed by atoms with Gasteiger partial charge in [0, 0.05) is 50.0 Å². The summed E-state index contributed by atoms with van der Waals surface area (Å²) in [7, 11) is -6.05. The van der Waals surface area contributed by atoms with Crippen molar-refractivity contribution in [1.82, 2.24) is 0 Å². The lowest BCUT2D eigenvalue weighted by molar-refractivity contribution is 0.0853. The number of hydrogen-bond donors (Lipinski definition) is 0. The molecule has 0 aromatic heterocycles. The highest BCUT2D eigenvalue weighted by Crippen LogP contribution is 2.16. The van der Waals surface area contributed by atoms with Crippen molar-refractivity contribution in [1.29, 1.82) is 0 Å². The van der Waals surface area contributed by atoms with E-state index in [0.29, 0.717) is 39.6 Å². The number of rotatable bonds is 14. The third-order valence-corrected chi connectivity index (χ3v) is 9.79. The van der Waals surface area contributed by atoms with Gasteiger partial charge < -0.3 is 26.6 Å². The zero-order valence-corrected chi connectivity index (χ0v) is 19.9. The van der Waals surface area contributed by atoms with Gasteiger partial charge in [0.25, 0.3) is 0 Å². The molecule has 0 N–H and O–H groups in total. The maximum Gasteiger partial charge on any atom is 0.537 e. The number of benzene rings is 1. The molecule has 0 aliphatic carbocycles. The Morgan fingerprint density at radius 2 is 0.778 bits per heavy atom. The molecule has 1 aromatic rings. The van der Waals surface area contributed by atoms with E-state index in [1.54, 1.807) is 0 Å². The molecule has 0 atom stereocenters. The Labute approximate surface area is 166 Å². The standard InChI is InChI=1S/C19H36O6Si2/c1-8-20-26(21-9-2,22-10-3)18-14-17(7)15-19(16-18)27(23-11-4,24-12-5)25-13-6/h14-16H,8-13H2,1-7H3. The van der Waals surface area contributed by atoms with Gasteiger partial charge in [-0.3, -0.25) is 0 Å². The third-order valence-electron chi connectivity index (χ3n) is 3.79. The Morgan fingerprint density at radius 3 is 1.00 bits per heavy atom. The first-order chi connectivity index (χ1) is 13.0. The molecule has 0 spiro atoms. The first-order valence-corrected chi connectivity index (χ1v) is 13.4. The van der Waals surface area contributed by atoms with Crippen LogP contribution in [0, 0.1) is 6.92 Å². The first-order valence-electron chi connectivity index (χ1n) is 9.93. The second-order valence-electron chi connectivity index (χ2n) is 5.80. The second-order valence-corrected chi connectivity index (χ2v) is 10.9. The van der Waals surface area contributed by atoms with Crippen LogP contribution in [0.1, 0.15) is 47.1 Å². The summed E-state index contributed by atoms with van der Waals surface area (Å²) in [5, 5.41) is 1.83. The van der Waals surface area contributed by atoms with Gasteiger partial charge in [0.05, 0.1) is 0 Å². The van der Waals surface area contributed by atoms with Crippen molar-refractivity contribution < 1.29 is 26.6 Å². The molecule has 0 bridgehead atoms. The van der Waals surface area contributed by atoms with Crippen molar-refractivity contribution in [2.75, 3.05) is 39.6 Å². The largest absolute Gasteiger partial charge is 0.537 e. The van der Waals surface area contributed by atoms with E-state index in [-0.39, 0.29) is 0 Å². The predicted molar refractivity (Wildman–Crippen MR) is 112 cm³/mol. The third kappa shape index (κ3) is 6.20. The van der Waals surface area contributed by atoms with Crippen molar-refractivity contribution in [3.8, 4) is 0 Å². The van der Waals surface area contributed by atoms with E-state index in [2.05, 4.69) is 12.1 Å². The summed E-state index contributed by atoms with van der Waals surface area (Å²) in [6, 6.07) is 6.17. The lowest BCUT2D eigenvalue weighted by Crippen LogP contribution is -2.61. The highest BCUT2D eigenvalue weighted by atomic mass is 28.4. The summed E-state index contributed by atoms with van der Waals surface area (Å²) in [5.41, 5.74) is 1.06. The van der Waals surface area contributed by atoms with Gasteiger partial charge in [0.2, 0.25) is 0 Å². The zero-order chi connectivity index (χ0) is 20.3. The lowest BCUT2D eigenvalue weighted by Gasteiger charge is -2.32. The number of aryl methyl sites for hydroxylation is 1. The molecular weight excluding hydrogens is 380 g/mol. The van der Waals surface area contributed by atoms with Crippen LogP contribution in [0.25, 0.3) is 0 Å². The Bertz CT molecular complexity index is 477. The molecule has 1 rings (SSSR count). The molecule has 156 valence electrons. The minimum atomic E-state index is -3.03. The van der Waals surface area contributed by atoms with E-state index < -0.39 is 17.6 Å². The van der Waals surface area contributed by atoms with Crippen LogP contribution < -0.4 is 10.4 Å². The van der Waals surface area contributed by atoms with E-state index in [9.17, 15) is 0 Å². The second kappa shape index (κ2) is 12.1. The van der Waals surface area contributed by atoms with Crippen molar-refractivity contribution in [2.45, 2.75) is 48.5 Å². The van der Waals surface area contributed by atoms with Gasteiger partial charge in [-0.1, -0.05) is 17.7 Å². The van der Waals surface area contributed by atoms with Crippen LogP contribution in [0.4, 0.5) is 0 Å². The van der Waals surface area contributed by atoms with Crippen LogP contribution >= 0.6 is 0 Å². The van der Waals surface area contributed by atoms with Gasteiger partial charge in [-0.05, 0) is 54.5 Å². The summed E-state index contributed by atoms with van der Waals surface area (Å²) in [4.78, 5) is 0. The zero-order valence-electron chi connectivity index (χ0n) is 17.9. The van der Waals surface area contributed by atoms with E-state index in [0.717, 1.165) is 15.9 Å². The fourth-order valence-corrected chi connectivity index (χ4v) is 8.42. The van der Waals surface area contributed by atoms with Crippen LogP contribution in [0.3, 0.4) is 0 Å². The summed E-state index contributed by atoms with van der Waals surface area (Å²) < 4.78 is 36.5. The van der Waals surface area contributed by atoms with Gasteiger partial charge in [-0.15, -0.1) is 0 Å². The normalized spacial score (nSPS) is 12.6. The molecule has 0 saturated heterocycles. The van der Waals surface area contributed by atoms with E-state index >= 15 is 0 Å². The van der Waals surface area contributed by atoms with E-state index in [4.69, 9.17) is 26.6 Å². The maximum absolute atomic E-state index is 6.09. The van der Waals surface area contributed by atoms with Crippen LogP contribution in [-0.4, -0.2) is 57.3 Å². The summed E-state index contributed by atoms with van der Waals surface area (Å²) >= 11 is 0. The van der Waals surface area contributed by atoms with E-state index in [1.165, 1.54) is 0 Å². The Hall–Kier alpha value is -0.586. The molecule has 0 unspecified atom stereocenters. The molecule has 1 aromatic carbocycles. The molecule has 0 saturated carbocycles. The van der Waals surface area contributed by atoms with Gasteiger partial charge in [0.1, 0.15) is 0 Å². The monoisotopic (exact) mass is 416 g/mol. The van der Waals surface area contributed by atoms with Gasteiger partial charge in [0.15, 0.2) is 0 Å². The molecule has 0 fully saturated rings. The molecule has 6 nitrogen and oxygen atoms in total. The Kier molecular flexibility index (Phi) is 10.9. The van der Waals surface area contributed by atoms with Crippen molar-refractivity contribution in [2.24, 2.45) is 0 Å². The summed E-state index contributed by atoms with van der Waals surface area (Å²) in [5.74, 6) is 0. The topological polar surface area (TPSA) is 55.4 Å². The van der Waals surface area contributed by atoms with Crippen LogP contribution in [0.5, 0.6) is 0 Å². The van der Waals surface area contributed by atoms with Gasteiger partial charge >= 0.3 is 17.6 Å². The quantitative estimate of drug-likeness (QED) is 0.434. The van der Waals surface area contributed by atoms with Crippen LogP contribution in [-0.2, 0) is 26.6 Å². The SMILES string of the molecule is CCO[Si](OCC)(OCC)c1cc(C)cc([Si](OCC)(OCC)OCC)c1. The molecule has 0 heterocycles. The Morgan fingerprint density at radius 1 is 0.519 bits per heavy atom. The van der Waals surface area contributed by atoms with Crippen LogP contribution in [0.2, 0.25) is 0 Å². The minimum absolute atomic E-state index is 0.514. The molecule has 0 radical (unpaired) electrons. The number of hydrogen-bond acceptors (Lipinski definition) is 6. The Balaban J connectivity index is 3.56. The smallest absolute Gasteiger partial charge is 0.370 e. The predicted octanol–water partition coefficient (Wildman–Crippen LogP) is 2.51. The lowest BCUT2D eigenvalue weighted by atomic mass is 10.2. The van der Waals surface area contributed by atoms with Crippen molar-refractivity contribution >= 4 is 28.0 Å². The average molecular weight is 417 g/mol. The van der Waals surface area contributed by atoms with Crippen molar-refractivity contribution in [3.05, 3.63) is 23.8 Å². The van der Waals surface area contributed by atoms with Crippen LogP contribution in [0.15, 0.2) is 18.2 Å². The molecule has 0 aliphatic rings. The molecule has 0 aliphatic heterocycles. The minimum Gasteiger partial charge on any atom is -0.370 e. The molecule has 0 amide bonds. The van der Waals surface area contributed by atoms with Crippen molar-refractivity contribution in [3.63, 3.8) is 0 Å². The van der Waals surface area contributed by atoms with Gasteiger partial charge in [-0.25, -0.2) is 0 Å². The highest BCUT2D eigenvalue weighted by Gasteiger charge is 2.48. The fourth-order valence-electron chi connectivity index (χ4n) is 3.03. The molecular formula is C19H36O6Si2. The average Bonchev–Trinajstić information content (AvgIpc) is 2.62. The summed E-state index contributed by atoms with van der Waals surface area (Å²) in [6.45, 7) is 16.9. The molecule has 27 heavy (non-hydrogen) atoms. The first kappa shape index (κ1) is 24.5. The molecule has 8 heteroatoms. The maximum atomic E-state index is 6.09. The van der Waals surface area contributed by atoms with Gasteiger partial charge in [-0.2, -0.15) is 0 Å². The van der Waals surface area contributed by atoms with E-state index in [1.807, 2.05) is 54.5 Å².